The van der Waals surface area contributed by atoms with Crippen LogP contribution in [0.1, 0.15) is 12.8 Å². The third kappa shape index (κ3) is 5.09. The van der Waals surface area contributed by atoms with Crippen LogP contribution in [0, 0.1) is 0 Å². The van der Waals surface area contributed by atoms with E-state index in [1.165, 1.54) is 0 Å². The van der Waals surface area contributed by atoms with Crippen LogP contribution in [0.5, 0.6) is 5.75 Å². The van der Waals surface area contributed by atoms with Gasteiger partial charge in [-0.25, -0.2) is 4.68 Å². The fourth-order valence-electron chi connectivity index (χ4n) is 2.30. The summed E-state index contributed by atoms with van der Waals surface area (Å²) < 4.78 is 7.33. The Morgan fingerprint density at radius 1 is 1.12 bits per heavy atom. The second kappa shape index (κ2) is 8.35. The van der Waals surface area contributed by atoms with Gasteiger partial charge in [0.1, 0.15) is 5.75 Å². The molecule has 25 heavy (non-hydrogen) atoms. The van der Waals surface area contributed by atoms with Gasteiger partial charge in [0.25, 0.3) is 0 Å². The molecule has 5 nitrogen and oxygen atoms in total. The first-order valence-corrected chi connectivity index (χ1v) is 8.37. The van der Waals surface area contributed by atoms with Crippen LogP contribution in [0.4, 0.5) is 5.69 Å². The van der Waals surface area contributed by atoms with Gasteiger partial charge in [0.2, 0.25) is 5.91 Å². The van der Waals surface area contributed by atoms with Gasteiger partial charge in [-0.2, -0.15) is 5.10 Å². The van der Waals surface area contributed by atoms with Crippen molar-refractivity contribution in [2.24, 2.45) is 0 Å². The average molecular weight is 356 g/mol. The van der Waals surface area contributed by atoms with Crippen molar-refractivity contribution in [3.05, 3.63) is 72.0 Å². The highest BCUT2D eigenvalue weighted by molar-refractivity contribution is 6.30. The Kier molecular flexibility index (Phi) is 5.69. The van der Waals surface area contributed by atoms with Crippen molar-refractivity contribution < 1.29 is 9.53 Å². The van der Waals surface area contributed by atoms with Crippen LogP contribution < -0.4 is 10.1 Å². The van der Waals surface area contributed by atoms with Gasteiger partial charge in [0.15, 0.2) is 0 Å². The van der Waals surface area contributed by atoms with Crippen LogP contribution in [0.15, 0.2) is 67.0 Å². The predicted octanol–water partition coefficient (Wildman–Crippen LogP) is 4.32. The van der Waals surface area contributed by atoms with Gasteiger partial charge in [-0.1, -0.05) is 11.6 Å². The minimum absolute atomic E-state index is 0.0356. The molecule has 3 rings (SSSR count). The minimum Gasteiger partial charge on any atom is -0.494 e. The molecule has 0 saturated carbocycles. The summed E-state index contributed by atoms with van der Waals surface area (Å²) in [5.41, 5.74) is 1.71. The van der Waals surface area contributed by atoms with Crippen molar-refractivity contribution in [2.75, 3.05) is 11.9 Å². The predicted molar refractivity (Wildman–Crippen MR) is 98.4 cm³/mol. The lowest BCUT2D eigenvalue weighted by atomic mass is 10.2. The Bertz CT molecular complexity index is 800. The Balaban J connectivity index is 1.41. The number of anilines is 1. The number of nitrogens with one attached hydrogen (secondary N) is 1. The zero-order chi connectivity index (χ0) is 17.5. The molecule has 3 aromatic rings. The molecule has 0 unspecified atom stereocenters. The van der Waals surface area contributed by atoms with Gasteiger partial charge in [0, 0.05) is 29.5 Å². The lowest BCUT2D eigenvalue weighted by molar-refractivity contribution is -0.116. The van der Waals surface area contributed by atoms with Crippen LogP contribution in [-0.4, -0.2) is 22.3 Å². The van der Waals surface area contributed by atoms with Crippen LogP contribution in [0.25, 0.3) is 5.69 Å². The topological polar surface area (TPSA) is 56.1 Å². The zero-order valence-electron chi connectivity index (χ0n) is 13.6. The average Bonchev–Trinajstić information content (AvgIpc) is 3.15. The monoisotopic (exact) mass is 355 g/mol. The van der Waals surface area contributed by atoms with Gasteiger partial charge in [-0.3, -0.25) is 4.79 Å². The molecule has 0 aliphatic carbocycles. The van der Waals surface area contributed by atoms with Crippen LogP contribution in [0.3, 0.4) is 0 Å². The van der Waals surface area contributed by atoms with Crippen LogP contribution in [-0.2, 0) is 4.79 Å². The van der Waals surface area contributed by atoms with Crippen molar-refractivity contribution in [3.63, 3.8) is 0 Å². The number of carbonyl (C=O) groups is 1. The number of benzene rings is 2. The molecule has 0 radical (unpaired) electrons. The summed E-state index contributed by atoms with van der Waals surface area (Å²) in [6, 6.07) is 16.6. The van der Waals surface area contributed by atoms with Crippen molar-refractivity contribution in [1.82, 2.24) is 9.78 Å². The summed E-state index contributed by atoms with van der Waals surface area (Å²) in [4.78, 5) is 12.0. The molecule has 128 valence electrons. The number of ether oxygens (including phenoxy) is 1. The molecule has 1 N–H and O–H groups in total. The maximum atomic E-state index is 12.0. The Hall–Kier alpha value is -2.79. The molecule has 0 bridgehead atoms. The summed E-state index contributed by atoms with van der Waals surface area (Å²) >= 11 is 5.82. The second-order valence-electron chi connectivity index (χ2n) is 5.45. The summed E-state index contributed by atoms with van der Waals surface area (Å²) in [5, 5.41) is 7.72. The van der Waals surface area contributed by atoms with E-state index in [1.807, 2.05) is 48.7 Å². The maximum Gasteiger partial charge on any atom is 0.224 e. The van der Waals surface area contributed by atoms with E-state index in [0.717, 1.165) is 17.1 Å². The molecule has 0 spiro atoms. The Morgan fingerprint density at radius 3 is 2.56 bits per heavy atom. The first kappa shape index (κ1) is 17.0. The number of amides is 1. The largest absolute Gasteiger partial charge is 0.494 e. The van der Waals surface area contributed by atoms with Gasteiger partial charge >= 0.3 is 0 Å². The molecule has 1 aromatic heterocycles. The van der Waals surface area contributed by atoms with E-state index in [-0.39, 0.29) is 5.91 Å². The van der Waals surface area contributed by atoms with Crippen LogP contribution >= 0.6 is 11.6 Å². The van der Waals surface area contributed by atoms with E-state index < -0.39 is 0 Å². The number of rotatable bonds is 7. The lowest BCUT2D eigenvalue weighted by Gasteiger charge is -2.08. The Morgan fingerprint density at radius 2 is 1.88 bits per heavy atom. The fourth-order valence-corrected chi connectivity index (χ4v) is 2.42. The summed E-state index contributed by atoms with van der Waals surface area (Å²) in [7, 11) is 0. The van der Waals surface area contributed by atoms with Crippen molar-refractivity contribution in [1.29, 1.82) is 0 Å². The first-order chi connectivity index (χ1) is 12.2. The quantitative estimate of drug-likeness (QED) is 0.642. The van der Waals surface area contributed by atoms with E-state index >= 15 is 0 Å². The molecule has 1 amide bonds. The molecular formula is C19H18ClN3O2. The van der Waals surface area contributed by atoms with E-state index in [0.29, 0.717) is 24.5 Å². The van der Waals surface area contributed by atoms with Crippen molar-refractivity contribution in [2.45, 2.75) is 12.8 Å². The standard InChI is InChI=1S/C19H18ClN3O2/c20-15-4-10-18(11-5-15)25-14-1-3-19(24)22-16-6-8-17(9-7-16)23-13-2-12-21-23/h2,4-13H,1,3,14H2,(H,22,24). The van der Waals surface area contributed by atoms with E-state index in [1.54, 1.807) is 23.0 Å². The maximum absolute atomic E-state index is 12.0. The fraction of sp³-hybridized carbons (Fsp3) is 0.158. The van der Waals surface area contributed by atoms with E-state index in [2.05, 4.69) is 10.4 Å². The van der Waals surface area contributed by atoms with E-state index in [4.69, 9.17) is 16.3 Å². The molecule has 0 fully saturated rings. The number of nitrogens with zero attached hydrogens (tertiary/aromatic N) is 2. The van der Waals surface area contributed by atoms with Crippen molar-refractivity contribution in [3.8, 4) is 11.4 Å². The third-order valence-electron chi connectivity index (χ3n) is 3.55. The van der Waals surface area contributed by atoms with Crippen molar-refractivity contribution >= 4 is 23.2 Å². The number of hydrogen-bond acceptors (Lipinski definition) is 3. The SMILES string of the molecule is O=C(CCCOc1ccc(Cl)cc1)Nc1ccc(-n2cccn2)cc1. The molecule has 1 heterocycles. The third-order valence-corrected chi connectivity index (χ3v) is 3.80. The molecule has 0 saturated heterocycles. The number of halogens is 1. The minimum atomic E-state index is -0.0356. The molecule has 2 aromatic carbocycles. The molecule has 6 heteroatoms. The zero-order valence-corrected chi connectivity index (χ0v) is 14.3. The Labute approximate surface area is 151 Å². The number of aromatic nitrogens is 2. The normalized spacial score (nSPS) is 10.4. The van der Waals surface area contributed by atoms with E-state index in [9.17, 15) is 4.79 Å². The molecular weight excluding hydrogens is 338 g/mol. The number of carbonyl (C=O) groups excluding carboxylic acids is 1. The van der Waals surface area contributed by atoms with Gasteiger partial charge < -0.3 is 10.1 Å². The number of hydrogen-bond donors (Lipinski definition) is 1. The van der Waals surface area contributed by atoms with Gasteiger partial charge in [0.05, 0.1) is 12.3 Å². The lowest BCUT2D eigenvalue weighted by Crippen LogP contribution is -2.12. The van der Waals surface area contributed by atoms with Gasteiger partial charge in [-0.15, -0.1) is 0 Å². The highest BCUT2D eigenvalue weighted by Gasteiger charge is 2.04. The first-order valence-electron chi connectivity index (χ1n) is 7.99. The van der Waals surface area contributed by atoms with Crippen LogP contribution in [0.2, 0.25) is 5.02 Å². The summed E-state index contributed by atoms with van der Waals surface area (Å²) in [6.07, 6.45) is 4.63. The highest BCUT2D eigenvalue weighted by Crippen LogP contribution is 2.16. The smallest absolute Gasteiger partial charge is 0.224 e. The molecule has 0 aliphatic rings. The highest BCUT2D eigenvalue weighted by atomic mass is 35.5. The second-order valence-corrected chi connectivity index (χ2v) is 5.89. The van der Waals surface area contributed by atoms with Gasteiger partial charge in [-0.05, 0) is 61.0 Å². The summed E-state index contributed by atoms with van der Waals surface area (Å²) in [6.45, 7) is 0.479. The molecule has 0 atom stereocenters. The molecule has 0 aliphatic heterocycles. The summed E-state index contributed by atoms with van der Waals surface area (Å²) in [5.74, 6) is 0.713.